The fourth-order valence-electron chi connectivity index (χ4n) is 2.04. The Morgan fingerprint density at radius 2 is 1.95 bits per heavy atom. The second-order valence-electron chi connectivity index (χ2n) is 4.55. The Morgan fingerprint density at radius 3 is 2.63 bits per heavy atom. The van der Waals surface area contributed by atoms with E-state index in [1.165, 1.54) is 6.42 Å². The van der Waals surface area contributed by atoms with Crippen molar-refractivity contribution in [1.29, 1.82) is 0 Å². The first-order chi connectivity index (χ1) is 9.18. The third kappa shape index (κ3) is 3.71. The van der Waals surface area contributed by atoms with E-state index in [1.54, 1.807) is 25.3 Å². The number of hydrogen-bond donors (Lipinski definition) is 1. The molecule has 6 heteroatoms. The summed E-state index contributed by atoms with van der Waals surface area (Å²) in [5.74, 6) is 0. The first kappa shape index (κ1) is 13.9. The molecule has 19 heavy (non-hydrogen) atoms. The van der Waals surface area contributed by atoms with E-state index in [4.69, 9.17) is 12.2 Å². The van der Waals surface area contributed by atoms with Gasteiger partial charge in [-0.05, 0) is 50.6 Å². The average molecular weight is 278 g/mol. The minimum absolute atomic E-state index is 0.527. The summed E-state index contributed by atoms with van der Waals surface area (Å²) in [4.78, 5) is 2.08. The first-order valence-corrected chi connectivity index (χ1v) is 6.84. The summed E-state index contributed by atoms with van der Waals surface area (Å²) in [5, 5.41) is 19.4. The largest absolute Gasteiger partial charge is 0.346 e. The SMILES string of the molecule is CC(N=NC(=S)N1CCCCC1)=C1C=CC=CN1O. The summed E-state index contributed by atoms with van der Waals surface area (Å²) in [6, 6.07) is 0. The fraction of sp³-hybridized carbons (Fsp3) is 0.462. The van der Waals surface area contributed by atoms with Gasteiger partial charge in [-0.3, -0.25) is 5.21 Å². The first-order valence-electron chi connectivity index (χ1n) is 6.43. The van der Waals surface area contributed by atoms with Crippen LogP contribution in [-0.4, -0.2) is 33.4 Å². The highest BCUT2D eigenvalue weighted by Gasteiger charge is 2.13. The lowest BCUT2D eigenvalue weighted by Gasteiger charge is -2.26. The van der Waals surface area contributed by atoms with Crippen molar-refractivity contribution in [1.82, 2.24) is 9.96 Å². The molecule has 1 fully saturated rings. The lowest BCUT2D eigenvalue weighted by Crippen LogP contribution is -2.33. The number of allylic oxidation sites excluding steroid dienone is 4. The van der Waals surface area contributed by atoms with E-state index in [1.807, 2.05) is 6.08 Å². The molecule has 1 saturated heterocycles. The molecule has 0 aromatic carbocycles. The maximum absolute atomic E-state index is 9.65. The molecule has 2 aliphatic rings. The molecular weight excluding hydrogens is 260 g/mol. The highest BCUT2D eigenvalue weighted by molar-refractivity contribution is 7.80. The summed E-state index contributed by atoms with van der Waals surface area (Å²) in [7, 11) is 0. The molecule has 2 aliphatic heterocycles. The van der Waals surface area contributed by atoms with Crippen LogP contribution in [0, 0.1) is 0 Å². The van der Waals surface area contributed by atoms with Gasteiger partial charge in [-0.1, -0.05) is 6.08 Å². The van der Waals surface area contributed by atoms with E-state index in [-0.39, 0.29) is 0 Å². The van der Waals surface area contributed by atoms with Crippen LogP contribution in [0.15, 0.2) is 46.1 Å². The van der Waals surface area contributed by atoms with Crippen LogP contribution in [0.1, 0.15) is 26.2 Å². The van der Waals surface area contributed by atoms with Gasteiger partial charge in [0.05, 0.1) is 11.4 Å². The van der Waals surface area contributed by atoms with Gasteiger partial charge in [-0.2, -0.15) is 5.11 Å². The van der Waals surface area contributed by atoms with E-state index in [0.29, 0.717) is 16.5 Å². The molecule has 0 amide bonds. The Bertz CT molecular complexity index is 461. The maximum atomic E-state index is 9.65. The highest BCUT2D eigenvalue weighted by atomic mass is 32.1. The summed E-state index contributed by atoms with van der Waals surface area (Å²) < 4.78 is 0. The molecule has 0 aromatic heterocycles. The van der Waals surface area contributed by atoms with Crippen molar-refractivity contribution >= 4 is 17.3 Å². The molecule has 102 valence electrons. The second-order valence-corrected chi connectivity index (χ2v) is 4.91. The van der Waals surface area contributed by atoms with Crippen molar-refractivity contribution in [3.63, 3.8) is 0 Å². The summed E-state index contributed by atoms with van der Waals surface area (Å²) in [6.07, 6.45) is 10.5. The van der Waals surface area contributed by atoms with Crippen LogP contribution in [0.5, 0.6) is 0 Å². The maximum Gasteiger partial charge on any atom is 0.216 e. The predicted molar refractivity (Wildman–Crippen MR) is 77.5 cm³/mol. The zero-order valence-corrected chi connectivity index (χ0v) is 11.8. The van der Waals surface area contributed by atoms with Gasteiger partial charge in [0.2, 0.25) is 5.11 Å². The van der Waals surface area contributed by atoms with Crippen LogP contribution in [0.3, 0.4) is 0 Å². The molecule has 0 spiro atoms. The van der Waals surface area contributed by atoms with E-state index >= 15 is 0 Å². The van der Waals surface area contributed by atoms with Crippen molar-refractivity contribution in [3.8, 4) is 0 Å². The fourth-order valence-corrected chi connectivity index (χ4v) is 2.26. The molecule has 5 nitrogen and oxygen atoms in total. The van der Waals surface area contributed by atoms with Crippen molar-refractivity contribution < 1.29 is 5.21 Å². The predicted octanol–water partition coefficient (Wildman–Crippen LogP) is 3.22. The number of azo groups is 1. The molecule has 0 radical (unpaired) electrons. The van der Waals surface area contributed by atoms with Crippen molar-refractivity contribution in [2.75, 3.05) is 13.1 Å². The van der Waals surface area contributed by atoms with Gasteiger partial charge in [0.1, 0.15) is 0 Å². The lowest BCUT2D eigenvalue weighted by molar-refractivity contribution is -0.00149. The number of thiocarbonyl (C=S) groups is 1. The van der Waals surface area contributed by atoms with Crippen molar-refractivity contribution in [3.05, 3.63) is 35.8 Å². The van der Waals surface area contributed by atoms with Crippen LogP contribution < -0.4 is 0 Å². The third-order valence-electron chi connectivity index (χ3n) is 3.12. The van der Waals surface area contributed by atoms with Gasteiger partial charge in [0.25, 0.3) is 0 Å². The van der Waals surface area contributed by atoms with Gasteiger partial charge in [-0.25, -0.2) is 5.06 Å². The Morgan fingerprint density at radius 1 is 1.21 bits per heavy atom. The van der Waals surface area contributed by atoms with E-state index in [0.717, 1.165) is 31.0 Å². The van der Waals surface area contributed by atoms with Crippen LogP contribution in [-0.2, 0) is 0 Å². The van der Waals surface area contributed by atoms with E-state index in [2.05, 4.69) is 15.1 Å². The van der Waals surface area contributed by atoms with E-state index < -0.39 is 0 Å². The normalized spacial score (nSPS) is 22.2. The smallest absolute Gasteiger partial charge is 0.216 e. The Kier molecular flexibility index (Phi) is 4.81. The number of hydrogen-bond acceptors (Lipinski definition) is 4. The number of likely N-dealkylation sites (tertiary alicyclic amines) is 1. The number of nitrogens with zero attached hydrogens (tertiary/aromatic N) is 4. The van der Waals surface area contributed by atoms with Gasteiger partial charge >= 0.3 is 0 Å². The van der Waals surface area contributed by atoms with Gasteiger partial charge < -0.3 is 4.90 Å². The molecule has 0 unspecified atom stereocenters. The molecule has 0 saturated carbocycles. The van der Waals surface area contributed by atoms with Gasteiger partial charge in [0.15, 0.2) is 0 Å². The van der Waals surface area contributed by atoms with Crippen molar-refractivity contribution in [2.45, 2.75) is 26.2 Å². The second kappa shape index (κ2) is 6.58. The molecule has 0 atom stereocenters. The van der Waals surface area contributed by atoms with Crippen LogP contribution >= 0.6 is 12.2 Å². The topological polar surface area (TPSA) is 51.4 Å². The monoisotopic (exact) mass is 278 g/mol. The third-order valence-corrected chi connectivity index (χ3v) is 3.46. The van der Waals surface area contributed by atoms with Gasteiger partial charge in [-0.15, -0.1) is 5.11 Å². The Balaban J connectivity index is 2.01. The molecule has 0 aliphatic carbocycles. The summed E-state index contributed by atoms with van der Waals surface area (Å²) in [6.45, 7) is 3.72. The molecule has 2 heterocycles. The molecule has 2 rings (SSSR count). The molecule has 1 N–H and O–H groups in total. The molecular formula is C13H18N4OS. The van der Waals surface area contributed by atoms with Crippen molar-refractivity contribution in [2.24, 2.45) is 10.2 Å². The zero-order valence-electron chi connectivity index (χ0n) is 11.0. The minimum atomic E-state index is 0.527. The summed E-state index contributed by atoms with van der Waals surface area (Å²) in [5.41, 5.74) is 1.23. The zero-order chi connectivity index (χ0) is 13.7. The Labute approximate surface area is 118 Å². The molecule has 0 aromatic rings. The number of hydroxylamine groups is 2. The van der Waals surface area contributed by atoms with Gasteiger partial charge in [0, 0.05) is 19.3 Å². The van der Waals surface area contributed by atoms with Crippen LogP contribution in [0.2, 0.25) is 0 Å². The number of rotatable bonds is 1. The van der Waals surface area contributed by atoms with E-state index in [9.17, 15) is 5.21 Å². The summed E-state index contributed by atoms with van der Waals surface area (Å²) >= 11 is 5.26. The average Bonchev–Trinajstić information content (AvgIpc) is 2.46. The van der Waals surface area contributed by atoms with Crippen LogP contribution in [0.4, 0.5) is 0 Å². The lowest BCUT2D eigenvalue weighted by atomic mass is 10.1. The Hall–Kier alpha value is -1.53. The molecule has 0 bridgehead atoms. The quantitative estimate of drug-likeness (QED) is 0.591. The van der Waals surface area contributed by atoms with Crippen LogP contribution in [0.25, 0.3) is 0 Å². The highest BCUT2D eigenvalue weighted by Crippen LogP contribution is 2.16. The number of piperidine rings is 1. The minimum Gasteiger partial charge on any atom is -0.346 e. The standard InChI is InChI=1S/C13H18N4OS/c1-11(12-7-3-6-10-17(12)18)14-15-13(19)16-8-4-2-5-9-16/h3,6-7,10,18H,2,4-5,8-9H2,1H3.